The molecule has 0 aliphatic carbocycles. The van der Waals surface area contributed by atoms with E-state index in [9.17, 15) is 5.11 Å². The number of benzene rings is 2. The van der Waals surface area contributed by atoms with Crippen molar-refractivity contribution >= 4 is 23.5 Å². The normalized spacial score (nSPS) is 16.7. The molecule has 0 amide bonds. The second-order valence-electron chi connectivity index (χ2n) is 5.22. The highest BCUT2D eigenvalue weighted by atomic mass is 32.2. The van der Waals surface area contributed by atoms with E-state index in [0.29, 0.717) is 11.5 Å². The van der Waals surface area contributed by atoms with Crippen molar-refractivity contribution in [3.05, 3.63) is 48.0 Å². The molecule has 1 unspecified atom stereocenters. The Balaban J connectivity index is 1.84. The number of ether oxygens (including phenoxy) is 2. The highest BCUT2D eigenvalue weighted by molar-refractivity contribution is 8.00. The van der Waals surface area contributed by atoms with Crippen LogP contribution in [0.4, 0.5) is 5.69 Å². The lowest BCUT2D eigenvalue weighted by atomic mass is 10.1. The number of aromatic hydroxyl groups is 1. The Labute approximate surface area is 140 Å². The third-order valence-electron chi connectivity index (χ3n) is 3.83. The number of thioether (sulfide) groups is 1. The average Bonchev–Trinajstić information content (AvgIpc) is 2.90. The summed E-state index contributed by atoms with van der Waals surface area (Å²) in [5.41, 5.74) is 2.16. The van der Waals surface area contributed by atoms with E-state index in [2.05, 4.69) is 42.3 Å². The number of nitrogens with zero attached hydrogens (tertiary/aromatic N) is 1. The number of fused-ring (bicyclic) bond motifs is 1. The van der Waals surface area contributed by atoms with E-state index in [1.807, 2.05) is 17.8 Å². The molecule has 1 aliphatic heterocycles. The molecular weight excluding hydrogens is 310 g/mol. The molecule has 1 atom stereocenters. The predicted molar refractivity (Wildman–Crippen MR) is 94.7 cm³/mol. The minimum Gasteiger partial charge on any atom is -0.502 e. The Hall–Kier alpha value is -2.27. The van der Waals surface area contributed by atoms with Crippen molar-refractivity contribution in [2.24, 2.45) is 0 Å². The third-order valence-corrected chi connectivity index (χ3v) is 5.14. The summed E-state index contributed by atoms with van der Waals surface area (Å²) in [6.45, 7) is 0. The number of hydrogen-bond donors (Lipinski definition) is 1. The van der Waals surface area contributed by atoms with Gasteiger partial charge < -0.3 is 19.5 Å². The van der Waals surface area contributed by atoms with Gasteiger partial charge in [-0.15, -0.1) is 0 Å². The van der Waals surface area contributed by atoms with E-state index in [1.165, 1.54) is 24.8 Å². The van der Waals surface area contributed by atoms with Crippen molar-refractivity contribution in [2.45, 2.75) is 10.3 Å². The number of methoxy groups -OCH3 is 2. The Kier molecular flexibility index (Phi) is 4.39. The second-order valence-corrected chi connectivity index (χ2v) is 6.38. The molecule has 4 nitrogen and oxygen atoms in total. The SMILES string of the molecule is COc1cc(/C=C/C2Sc3ccccc3N2C)cc(OC)c1O. The number of para-hydroxylation sites is 1. The van der Waals surface area contributed by atoms with E-state index in [4.69, 9.17) is 9.47 Å². The number of hydrogen-bond acceptors (Lipinski definition) is 5. The lowest BCUT2D eigenvalue weighted by molar-refractivity contribution is 0.340. The smallest absolute Gasteiger partial charge is 0.200 e. The first kappa shape index (κ1) is 15.6. The van der Waals surface area contributed by atoms with Gasteiger partial charge in [-0.05, 0) is 29.8 Å². The topological polar surface area (TPSA) is 41.9 Å². The molecule has 0 saturated carbocycles. The molecule has 2 aromatic carbocycles. The van der Waals surface area contributed by atoms with Crippen LogP contribution in [0.3, 0.4) is 0 Å². The number of likely N-dealkylation sites (N-methyl/N-ethyl adjacent to an activating group) is 1. The van der Waals surface area contributed by atoms with E-state index in [1.54, 1.807) is 12.1 Å². The summed E-state index contributed by atoms with van der Waals surface area (Å²) in [6.07, 6.45) is 4.15. The zero-order valence-corrected chi connectivity index (χ0v) is 14.1. The maximum atomic E-state index is 9.97. The van der Waals surface area contributed by atoms with Gasteiger partial charge in [0.05, 0.1) is 25.3 Å². The van der Waals surface area contributed by atoms with Gasteiger partial charge in [0, 0.05) is 11.9 Å². The molecule has 1 N–H and O–H groups in total. The fraction of sp³-hybridized carbons (Fsp3) is 0.222. The van der Waals surface area contributed by atoms with Gasteiger partial charge in [-0.2, -0.15) is 0 Å². The molecule has 23 heavy (non-hydrogen) atoms. The van der Waals surface area contributed by atoms with Crippen LogP contribution in [0, 0.1) is 0 Å². The number of rotatable bonds is 4. The van der Waals surface area contributed by atoms with Crippen LogP contribution in [0.1, 0.15) is 5.56 Å². The van der Waals surface area contributed by atoms with Crippen molar-refractivity contribution in [1.29, 1.82) is 0 Å². The average molecular weight is 329 g/mol. The molecular formula is C18H19NO3S. The molecule has 0 fully saturated rings. The van der Waals surface area contributed by atoms with Crippen LogP contribution in [0.2, 0.25) is 0 Å². The zero-order chi connectivity index (χ0) is 16.4. The van der Waals surface area contributed by atoms with Gasteiger partial charge in [0.1, 0.15) is 0 Å². The van der Waals surface area contributed by atoms with E-state index >= 15 is 0 Å². The molecule has 3 rings (SSSR count). The third kappa shape index (κ3) is 2.97. The molecule has 5 heteroatoms. The highest BCUT2D eigenvalue weighted by Crippen LogP contribution is 2.43. The maximum absolute atomic E-state index is 9.97. The van der Waals surface area contributed by atoms with Crippen molar-refractivity contribution in [3.63, 3.8) is 0 Å². The van der Waals surface area contributed by atoms with E-state index in [0.717, 1.165) is 5.56 Å². The van der Waals surface area contributed by atoms with Gasteiger partial charge in [0.25, 0.3) is 0 Å². The fourth-order valence-electron chi connectivity index (χ4n) is 2.57. The lowest BCUT2D eigenvalue weighted by Gasteiger charge is -2.18. The summed E-state index contributed by atoms with van der Waals surface area (Å²) in [7, 11) is 5.14. The van der Waals surface area contributed by atoms with Gasteiger partial charge in [0.2, 0.25) is 5.75 Å². The molecule has 0 aromatic heterocycles. The summed E-state index contributed by atoms with van der Waals surface area (Å²) in [4.78, 5) is 3.52. The quantitative estimate of drug-likeness (QED) is 0.918. The molecule has 2 aromatic rings. The van der Waals surface area contributed by atoms with Crippen molar-refractivity contribution in [2.75, 3.05) is 26.2 Å². The van der Waals surface area contributed by atoms with E-state index < -0.39 is 0 Å². The number of phenols is 1. The minimum atomic E-state index is 0.0203. The minimum absolute atomic E-state index is 0.0203. The first-order valence-electron chi connectivity index (χ1n) is 7.25. The Bertz CT molecular complexity index is 720. The van der Waals surface area contributed by atoms with Crippen molar-refractivity contribution in [3.8, 4) is 17.2 Å². The van der Waals surface area contributed by atoms with Crippen LogP contribution < -0.4 is 14.4 Å². The number of anilines is 1. The largest absolute Gasteiger partial charge is 0.502 e. The van der Waals surface area contributed by atoms with Crippen LogP contribution in [-0.4, -0.2) is 31.7 Å². The zero-order valence-electron chi connectivity index (χ0n) is 13.3. The van der Waals surface area contributed by atoms with Crippen LogP contribution >= 0.6 is 11.8 Å². The Morgan fingerprint density at radius 2 is 1.78 bits per heavy atom. The fourth-order valence-corrected chi connectivity index (χ4v) is 3.75. The van der Waals surface area contributed by atoms with Gasteiger partial charge in [-0.25, -0.2) is 0 Å². The molecule has 0 spiro atoms. The van der Waals surface area contributed by atoms with Crippen molar-refractivity contribution < 1.29 is 14.6 Å². The van der Waals surface area contributed by atoms with Crippen LogP contribution in [-0.2, 0) is 0 Å². The highest BCUT2D eigenvalue weighted by Gasteiger charge is 2.24. The molecule has 0 radical (unpaired) electrons. The van der Waals surface area contributed by atoms with Crippen LogP contribution in [0.5, 0.6) is 17.2 Å². The van der Waals surface area contributed by atoms with Crippen LogP contribution in [0.15, 0.2) is 47.4 Å². The van der Waals surface area contributed by atoms with Gasteiger partial charge in [-0.3, -0.25) is 0 Å². The molecule has 1 aliphatic rings. The predicted octanol–water partition coefficient (Wildman–Crippen LogP) is 3.99. The Morgan fingerprint density at radius 1 is 1.13 bits per heavy atom. The van der Waals surface area contributed by atoms with Crippen LogP contribution in [0.25, 0.3) is 6.08 Å². The molecule has 0 saturated heterocycles. The number of phenolic OH excluding ortho intramolecular Hbond substituents is 1. The van der Waals surface area contributed by atoms with Gasteiger partial charge >= 0.3 is 0 Å². The maximum Gasteiger partial charge on any atom is 0.200 e. The van der Waals surface area contributed by atoms with Gasteiger partial charge in [0.15, 0.2) is 11.5 Å². The Morgan fingerprint density at radius 3 is 2.39 bits per heavy atom. The standard InChI is InChI=1S/C18H19NO3S/c1-19-13-6-4-5-7-16(13)23-17(19)9-8-12-10-14(21-2)18(20)15(11-12)22-3/h4-11,17,20H,1-3H3/b9-8+. The first-order chi connectivity index (χ1) is 11.1. The monoisotopic (exact) mass is 329 g/mol. The summed E-state index contributed by atoms with van der Waals surface area (Å²) < 4.78 is 10.4. The first-order valence-corrected chi connectivity index (χ1v) is 8.13. The molecule has 0 bridgehead atoms. The summed E-state index contributed by atoms with van der Waals surface area (Å²) in [6, 6.07) is 12.0. The summed E-state index contributed by atoms with van der Waals surface area (Å²) >= 11 is 1.81. The van der Waals surface area contributed by atoms with Gasteiger partial charge in [-0.1, -0.05) is 36.0 Å². The lowest BCUT2D eigenvalue weighted by Crippen LogP contribution is -2.21. The molecule has 1 heterocycles. The summed E-state index contributed by atoms with van der Waals surface area (Å²) in [5, 5.41) is 10.2. The second kappa shape index (κ2) is 6.46. The van der Waals surface area contributed by atoms with E-state index in [-0.39, 0.29) is 11.1 Å². The van der Waals surface area contributed by atoms with Crippen molar-refractivity contribution in [1.82, 2.24) is 0 Å². The summed E-state index contributed by atoms with van der Waals surface area (Å²) in [5.74, 6) is 0.825. The molecule has 120 valence electrons.